The van der Waals surface area contributed by atoms with E-state index < -0.39 is 5.69 Å². The quantitative estimate of drug-likeness (QED) is 0.848. The lowest BCUT2D eigenvalue weighted by Crippen LogP contribution is -2.46. The Hall–Kier alpha value is -1.89. The Bertz CT molecular complexity index is 869. The smallest absolute Gasteiger partial charge is 0.331 e. The zero-order valence-electron chi connectivity index (χ0n) is 14.3. The van der Waals surface area contributed by atoms with Crippen molar-refractivity contribution in [2.24, 2.45) is 11.8 Å². The summed E-state index contributed by atoms with van der Waals surface area (Å²) in [6.07, 6.45) is 1.12. The summed E-state index contributed by atoms with van der Waals surface area (Å²) >= 11 is 1.31. The first-order valence-corrected chi connectivity index (χ1v) is 9.29. The van der Waals surface area contributed by atoms with Crippen LogP contribution in [-0.4, -0.2) is 33.0 Å². The summed E-state index contributed by atoms with van der Waals surface area (Å²) in [5.41, 5.74) is -0.109. The molecular weight excluding hydrogens is 326 g/mol. The minimum Gasteiger partial charge on any atom is -0.341 e. The molecule has 0 aliphatic carbocycles. The van der Waals surface area contributed by atoms with Crippen LogP contribution >= 0.6 is 11.3 Å². The van der Waals surface area contributed by atoms with Gasteiger partial charge in [-0.3, -0.25) is 18.7 Å². The van der Waals surface area contributed by atoms with E-state index in [0.717, 1.165) is 19.5 Å². The SMILES string of the molecule is CCn1c(=O)c2sccc2n(CC(=O)N2CC(C)CC(C)C2)c1=O. The normalized spacial score (nSPS) is 21.4. The van der Waals surface area contributed by atoms with Crippen LogP contribution in [0.25, 0.3) is 10.2 Å². The topological polar surface area (TPSA) is 64.3 Å². The van der Waals surface area contributed by atoms with Crippen LogP contribution in [0.1, 0.15) is 27.2 Å². The largest absolute Gasteiger partial charge is 0.341 e. The minimum atomic E-state index is -0.403. The third-order valence-corrected chi connectivity index (χ3v) is 5.56. The molecule has 2 aromatic heterocycles. The maximum atomic E-state index is 12.7. The summed E-state index contributed by atoms with van der Waals surface area (Å²) in [4.78, 5) is 39.6. The molecule has 1 amide bonds. The molecule has 2 aromatic rings. The molecule has 3 rings (SSSR count). The Kier molecular flexibility index (Phi) is 4.62. The lowest BCUT2D eigenvalue weighted by molar-refractivity contribution is -0.134. The zero-order chi connectivity index (χ0) is 17.4. The van der Waals surface area contributed by atoms with Crippen molar-refractivity contribution in [2.45, 2.75) is 40.3 Å². The fourth-order valence-corrected chi connectivity index (χ4v) is 4.51. The van der Waals surface area contributed by atoms with E-state index in [1.807, 2.05) is 4.90 Å². The van der Waals surface area contributed by atoms with Crippen LogP contribution in [0.5, 0.6) is 0 Å². The van der Waals surface area contributed by atoms with E-state index in [4.69, 9.17) is 0 Å². The maximum absolute atomic E-state index is 12.7. The summed E-state index contributed by atoms with van der Waals surface area (Å²) < 4.78 is 3.18. The molecule has 2 atom stereocenters. The molecule has 130 valence electrons. The molecule has 24 heavy (non-hydrogen) atoms. The van der Waals surface area contributed by atoms with Gasteiger partial charge in [0.05, 0.1) is 5.52 Å². The van der Waals surface area contributed by atoms with Crippen molar-refractivity contribution in [2.75, 3.05) is 13.1 Å². The van der Waals surface area contributed by atoms with Crippen LogP contribution in [-0.2, 0) is 17.9 Å². The van der Waals surface area contributed by atoms with Gasteiger partial charge in [0.15, 0.2) is 0 Å². The van der Waals surface area contributed by atoms with E-state index in [0.29, 0.717) is 28.6 Å². The van der Waals surface area contributed by atoms with Gasteiger partial charge in [-0.25, -0.2) is 4.79 Å². The molecule has 1 saturated heterocycles. The number of thiophene rings is 1. The highest BCUT2D eigenvalue weighted by Crippen LogP contribution is 2.21. The first kappa shape index (κ1) is 17.0. The standard InChI is InChI=1S/C17H23N3O3S/c1-4-19-16(22)15-13(5-6-24-15)20(17(19)23)10-14(21)18-8-11(2)7-12(3)9-18/h5-6,11-12H,4,7-10H2,1-3H3. The molecule has 0 N–H and O–H groups in total. The molecule has 2 unspecified atom stereocenters. The van der Waals surface area contributed by atoms with Gasteiger partial charge >= 0.3 is 5.69 Å². The first-order valence-electron chi connectivity index (χ1n) is 8.41. The van der Waals surface area contributed by atoms with Crippen LogP contribution in [0.2, 0.25) is 0 Å². The van der Waals surface area contributed by atoms with E-state index in [9.17, 15) is 14.4 Å². The Labute approximate surface area is 144 Å². The van der Waals surface area contributed by atoms with Crippen LogP contribution in [0.4, 0.5) is 0 Å². The van der Waals surface area contributed by atoms with E-state index in [2.05, 4.69) is 13.8 Å². The average molecular weight is 349 g/mol. The summed E-state index contributed by atoms with van der Waals surface area (Å²) in [5.74, 6) is 0.893. The molecule has 6 nitrogen and oxygen atoms in total. The number of hydrogen-bond donors (Lipinski definition) is 0. The monoisotopic (exact) mass is 349 g/mol. The molecule has 1 aliphatic rings. The Morgan fingerprint density at radius 2 is 1.88 bits per heavy atom. The Morgan fingerprint density at radius 3 is 2.50 bits per heavy atom. The van der Waals surface area contributed by atoms with E-state index in [1.165, 1.54) is 20.5 Å². The number of amides is 1. The Balaban J connectivity index is 1.98. The second-order valence-corrected chi connectivity index (χ2v) is 7.71. The van der Waals surface area contributed by atoms with E-state index in [1.54, 1.807) is 18.4 Å². The number of likely N-dealkylation sites (tertiary alicyclic amines) is 1. The van der Waals surface area contributed by atoms with Crippen molar-refractivity contribution < 1.29 is 4.79 Å². The summed E-state index contributed by atoms with van der Waals surface area (Å²) in [7, 11) is 0. The number of nitrogens with zero attached hydrogens (tertiary/aromatic N) is 3. The predicted octanol–water partition coefficient (Wildman–Crippen LogP) is 1.75. The molecule has 0 radical (unpaired) electrons. The number of piperidine rings is 1. The van der Waals surface area contributed by atoms with Crippen molar-refractivity contribution in [1.29, 1.82) is 0 Å². The van der Waals surface area contributed by atoms with Crippen molar-refractivity contribution in [3.63, 3.8) is 0 Å². The fraction of sp³-hybridized carbons (Fsp3) is 0.588. The molecule has 3 heterocycles. The van der Waals surface area contributed by atoms with Crippen LogP contribution in [0.3, 0.4) is 0 Å². The van der Waals surface area contributed by atoms with Crippen molar-refractivity contribution in [3.05, 3.63) is 32.3 Å². The lowest BCUT2D eigenvalue weighted by atomic mass is 9.92. The highest BCUT2D eigenvalue weighted by Gasteiger charge is 2.26. The molecule has 0 spiro atoms. The second-order valence-electron chi connectivity index (χ2n) is 6.80. The molecule has 0 saturated carbocycles. The van der Waals surface area contributed by atoms with Gasteiger partial charge in [-0.2, -0.15) is 0 Å². The van der Waals surface area contributed by atoms with Crippen LogP contribution in [0, 0.1) is 11.8 Å². The minimum absolute atomic E-state index is 0.00815. The highest BCUT2D eigenvalue weighted by molar-refractivity contribution is 7.17. The summed E-state index contributed by atoms with van der Waals surface area (Å²) in [6, 6.07) is 1.75. The van der Waals surface area contributed by atoms with Crippen molar-refractivity contribution >= 4 is 27.5 Å². The van der Waals surface area contributed by atoms with Gasteiger partial charge in [0.2, 0.25) is 5.91 Å². The highest BCUT2D eigenvalue weighted by atomic mass is 32.1. The van der Waals surface area contributed by atoms with Gasteiger partial charge < -0.3 is 4.90 Å². The fourth-order valence-electron chi connectivity index (χ4n) is 3.67. The number of hydrogen-bond acceptors (Lipinski definition) is 4. The number of fused-ring (bicyclic) bond motifs is 1. The number of rotatable bonds is 3. The Morgan fingerprint density at radius 1 is 1.21 bits per heavy atom. The molecule has 1 fully saturated rings. The average Bonchev–Trinajstić information content (AvgIpc) is 3.00. The molecular formula is C17H23N3O3S. The predicted molar refractivity (Wildman–Crippen MR) is 95.5 cm³/mol. The summed E-state index contributed by atoms with van der Waals surface area (Å²) in [5, 5.41) is 1.79. The van der Waals surface area contributed by atoms with Crippen molar-refractivity contribution in [3.8, 4) is 0 Å². The third-order valence-electron chi connectivity index (χ3n) is 4.67. The molecule has 0 bridgehead atoms. The van der Waals surface area contributed by atoms with Crippen molar-refractivity contribution in [1.82, 2.24) is 14.0 Å². The lowest BCUT2D eigenvalue weighted by Gasteiger charge is -2.35. The number of carbonyl (C=O) groups is 1. The van der Waals surface area contributed by atoms with Gasteiger partial charge in [0.1, 0.15) is 11.2 Å². The summed E-state index contributed by atoms with van der Waals surface area (Å²) in [6.45, 7) is 7.83. The number of aromatic nitrogens is 2. The maximum Gasteiger partial charge on any atom is 0.331 e. The van der Waals surface area contributed by atoms with Gasteiger partial charge in [-0.05, 0) is 36.6 Å². The van der Waals surface area contributed by atoms with Gasteiger partial charge in [-0.1, -0.05) is 13.8 Å². The van der Waals surface area contributed by atoms with Gasteiger partial charge in [-0.15, -0.1) is 11.3 Å². The zero-order valence-corrected chi connectivity index (χ0v) is 15.1. The van der Waals surface area contributed by atoms with Crippen LogP contribution < -0.4 is 11.2 Å². The third kappa shape index (κ3) is 2.92. The second kappa shape index (κ2) is 6.55. The molecule has 7 heteroatoms. The van der Waals surface area contributed by atoms with E-state index in [-0.39, 0.29) is 18.0 Å². The van der Waals surface area contributed by atoms with Gasteiger partial charge in [0.25, 0.3) is 5.56 Å². The first-order chi connectivity index (χ1) is 11.4. The van der Waals surface area contributed by atoms with Gasteiger partial charge in [0, 0.05) is 19.6 Å². The van der Waals surface area contributed by atoms with Crippen LogP contribution in [0.15, 0.2) is 21.0 Å². The van der Waals surface area contributed by atoms with E-state index >= 15 is 0 Å². The number of carbonyl (C=O) groups excluding carboxylic acids is 1. The molecule has 0 aromatic carbocycles. The molecule has 1 aliphatic heterocycles.